The predicted molar refractivity (Wildman–Crippen MR) is 76.4 cm³/mol. The summed E-state index contributed by atoms with van der Waals surface area (Å²) >= 11 is 0. The summed E-state index contributed by atoms with van der Waals surface area (Å²) in [7, 11) is 1.94. The van der Waals surface area contributed by atoms with E-state index >= 15 is 0 Å². The first kappa shape index (κ1) is 15.5. The van der Waals surface area contributed by atoms with Crippen LogP contribution >= 0.6 is 0 Å². The third-order valence-electron chi connectivity index (χ3n) is 4.35. The second kappa shape index (κ2) is 7.78. The molecule has 0 spiro atoms. The maximum Gasteiger partial charge on any atom is 0.229 e. The maximum absolute atomic E-state index is 12.6. The molecule has 0 bridgehead atoms. The van der Waals surface area contributed by atoms with Gasteiger partial charge < -0.3 is 10.6 Å². The van der Waals surface area contributed by atoms with E-state index in [1.807, 2.05) is 11.9 Å². The number of nitrogens with two attached hydrogens (primary N) is 1. The van der Waals surface area contributed by atoms with Gasteiger partial charge in [0, 0.05) is 20.1 Å². The van der Waals surface area contributed by atoms with E-state index in [1.165, 1.54) is 25.7 Å². The van der Waals surface area contributed by atoms with Crippen molar-refractivity contribution in [2.45, 2.75) is 64.7 Å². The first-order chi connectivity index (χ1) is 8.66. The lowest BCUT2D eigenvalue weighted by Gasteiger charge is -2.34. The number of carbonyl (C=O) groups is 1. The summed E-state index contributed by atoms with van der Waals surface area (Å²) in [4.78, 5) is 14.6. The van der Waals surface area contributed by atoms with E-state index in [4.69, 9.17) is 5.73 Å². The van der Waals surface area contributed by atoms with Gasteiger partial charge in [-0.1, -0.05) is 45.4 Å². The Hall–Kier alpha value is -0.570. The number of hydrogen-bond donors (Lipinski definition) is 1. The molecule has 0 aromatic heterocycles. The molecule has 18 heavy (non-hydrogen) atoms. The summed E-state index contributed by atoms with van der Waals surface area (Å²) in [6.45, 7) is 3.59. The van der Waals surface area contributed by atoms with Crippen molar-refractivity contribution in [3.05, 3.63) is 0 Å². The molecule has 0 unspecified atom stereocenters. The Morgan fingerprint density at radius 2 is 1.78 bits per heavy atom. The Balaban J connectivity index is 2.58. The molecular formula is C15H30N2O. The number of hydrogen-bond acceptors (Lipinski definition) is 2. The van der Waals surface area contributed by atoms with Gasteiger partial charge in [0.05, 0.1) is 5.41 Å². The molecule has 1 amide bonds. The van der Waals surface area contributed by atoms with E-state index in [9.17, 15) is 4.79 Å². The Morgan fingerprint density at radius 1 is 1.17 bits per heavy atom. The summed E-state index contributed by atoms with van der Waals surface area (Å²) in [6.07, 6.45) is 10.3. The first-order valence-electron chi connectivity index (χ1n) is 7.62. The molecule has 3 heteroatoms. The standard InChI is InChI=1S/C15H30N2O/c1-3-4-9-12-17(2)14(18)15(13-16)10-7-5-6-8-11-15/h3-13,16H2,1-2H3. The van der Waals surface area contributed by atoms with Gasteiger partial charge >= 0.3 is 0 Å². The van der Waals surface area contributed by atoms with Crippen LogP contribution in [0.2, 0.25) is 0 Å². The van der Waals surface area contributed by atoms with E-state index in [2.05, 4.69) is 6.92 Å². The summed E-state index contributed by atoms with van der Waals surface area (Å²) in [5.41, 5.74) is 5.70. The predicted octanol–water partition coefficient (Wildman–Crippen LogP) is 2.93. The highest BCUT2D eigenvalue weighted by Gasteiger charge is 2.38. The van der Waals surface area contributed by atoms with Gasteiger partial charge in [-0.05, 0) is 19.3 Å². The van der Waals surface area contributed by atoms with E-state index in [1.54, 1.807) is 0 Å². The van der Waals surface area contributed by atoms with Crippen LogP contribution in [0.3, 0.4) is 0 Å². The summed E-state index contributed by atoms with van der Waals surface area (Å²) in [5, 5.41) is 0. The van der Waals surface area contributed by atoms with Crippen LogP contribution in [-0.2, 0) is 4.79 Å². The summed E-state index contributed by atoms with van der Waals surface area (Å²) in [6, 6.07) is 0. The molecule has 2 N–H and O–H groups in total. The fraction of sp³-hybridized carbons (Fsp3) is 0.933. The number of carbonyl (C=O) groups excluding carboxylic acids is 1. The Morgan fingerprint density at radius 3 is 2.28 bits per heavy atom. The summed E-state index contributed by atoms with van der Waals surface area (Å²) in [5.74, 6) is 0.294. The van der Waals surface area contributed by atoms with Crippen molar-refractivity contribution in [1.82, 2.24) is 4.90 Å². The molecule has 0 radical (unpaired) electrons. The molecule has 0 aromatic carbocycles. The molecular weight excluding hydrogens is 224 g/mol. The lowest BCUT2D eigenvalue weighted by molar-refractivity contribution is -0.141. The molecule has 0 atom stereocenters. The quantitative estimate of drug-likeness (QED) is 0.585. The van der Waals surface area contributed by atoms with Crippen LogP contribution in [0.25, 0.3) is 0 Å². The van der Waals surface area contributed by atoms with Gasteiger partial charge in [-0.2, -0.15) is 0 Å². The van der Waals surface area contributed by atoms with Crippen LogP contribution in [-0.4, -0.2) is 30.9 Å². The van der Waals surface area contributed by atoms with Crippen LogP contribution in [0, 0.1) is 5.41 Å². The molecule has 0 aliphatic heterocycles. The van der Waals surface area contributed by atoms with Gasteiger partial charge in [0.1, 0.15) is 0 Å². The summed E-state index contributed by atoms with van der Waals surface area (Å²) < 4.78 is 0. The number of unbranched alkanes of at least 4 members (excludes halogenated alkanes) is 2. The largest absolute Gasteiger partial charge is 0.345 e. The van der Waals surface area contributed by atoms with Crippen LogP contribution in [0.15, 0.2) is 0 Å². The van der Waals surface area contributed by atoms with Crippen molar-refractivity contribution < 1.29 is 4.79 Å². The van der Waals surface area contributed by atoms with Gasteiger partial charge in [-0.3, -0.25) is 4.79 Å². The average Bonchev–Trinajstić information content (AvgIpc) is 2.64. The SMILES string of the molecule is CCCCCN(C)C(=O)C1(CN)CCCCCC1. The van der Waals surface area contributed by atoms with Crippen LogP contribution < -0.4 is 5.73 Å². The van der Waals surface area contributed by atoms with E-state index in [0.717, 1.165) is 38.6 Å². The number of rotatable bonds is 6. The monoisotopic (exact) mass is 254 g/mol. The molecule has 0 saturated heterocycles. The van der Waals surface area contributed by atoms with Crippen LogP contribution in [0.5, 0.6) is 0 Å². The minimum atomic E-state index is -0.253. The molecule has 1 aliphatic rings. The molecule has 1 aliphatic carbocycles. The van der Waals surface area contributed by atoms with Crippen molar-refractivity contribution in [3.63, 3.8) is 0 Å². The Kier molecular flexibility index (Phi) is 6.69. The average molecular weight is 254 g/mol. The van der Waals surface area contributed by atoms with Crippen LogP contribution in [0.1, 0.15) is 64.7 Å². The highest BCUT2D eigenvalue weighted by atomic mass is 16.2. The van der Waals surface area contributed by atoms with E-state index in [-0.39, 0.29) is 5.41 Å². The second-order valence-corrected chi connectivity index (χ2v) is 5.83. The topological polar surface area (TPSA) is 46.3 Å². The molecule has 106 valence electrons. The molecule has 1 fully saturated rings. The van der Waals surface area contributed by atoms with E-state index in [0.29, 0.717) is 12.5 Å². The zero-order valence-corrected chi connectivity index (χ0v) is 12.2. The minimum Gasteiger partial charge on any atom is -0.345 e. The van der Waals surface area contributed by atoms with Gasteiger partial charge in [0.2, 0.25) is 5.91 Å². The molecule has 0 heterocycles. The zero-order valence-electron chi connectivity index (χ0n) is 12.2. The van der Waals surface area contributed by atoms with Crippen LogP contribution in [0.4, 0.5) is 0 Å². The normalized spacial score (nSPS) is 19.3. The number of amides is 1. The van der Waals surface area contributed by atoms with Crippen molar-refractivity contribution in [2.75, 3.05) is 20.1 Å². The van der Waals surface area contributed by atoms with Gasteiger partial charge in [-0.15, -0.1) is 0 Å². The molecule has 1 rings (SSSR count). The Bertz CT molecular complexity index is 245. The number of nitrogens with zero attached hydrogens (tertiary/aromatic N) is 1. The molecule has 3 nitrogen and oxygen atoms in total. The van der Waals surface area contributed by atoms with Crippen molar-refractivity contribution in [1.29, 1.82) is 0 Å². The molecule has 0 aromatic rings. The third-order valence-corrected chi connectivity index (χ3v) is 4.35. The lowest BCUT2D eigenvalue weighted by atomic mass is 9.79. The van der Waals surface area contributed by atoms with Crippen molar-refractivity contribution in [3.8, 4) is 0 Å². The zero-order chi connectivity index (χ0) is 13.4. The second-order valence-electron chi connectivity index (χ2n) is 5.83. The van der Waals surface area contributed by atoms with E-state index < -0.39 is 0 Å². The lowest BCUT2D eigenvalue weighted by Crippen LogP contribution is -2.46. The highest BCUT2D eigenvalue weighted by Crippen LogP contribution is 2.35. The van der Waals surface area contributed by atoms with Gasteiger partial charge in [0.15, 0.2) is 0 Å². The smallest absolute Gasteiger partial charge is 0.229 e. The van der Waals surface area contributed by atoms with Crippen molar-refractivity contribution >= 4 is 5.91 Å². The highest BCUT2D eigenvalue weighted by molar-refractivity contribution is 5.82. The van der Waals surface area contributed by atoms with Crippen molar-refractivity contribution in [2.24, 2.45) is 11.1 Å². The fourth-order valence-corrected chi connectivity index (χ4v) is 3.02. The minimum absolute atomic E-state index is 0.253. The molecule has 1 saturated carbocycles. The Labute approximate surface area is 112 Å². The van der Waals surface area contributed by atoms with Gasteiger partial charge in [0.25, 0.3) is 0 Å². The fourth-order valence-electron chi connectivity index (χ4n) is 3.02. The first-order valence-corrected chi connectivity index (χ1v) is 7.62. The third kappa shape index (κ3) is 3.98. The maximum atomic E-state index is 12.6. The van der Waals surface area contributed by atoms with Gasteiger partial charge in [-0.25, -0.2) is 0 Å².